The summed E-state index contributed by atoms with van der Waals surface area (Å²) >= 11 is 0. The molecule has 5 nitrogen and oxygen atoms in total. The van der Waals surface area contributed by atoms with Crippen LogP contribution < -0.4 is 0 Å². The minimum absolute atomic E-state index is 0.164. The summed E-state index contributed by atoms with van der Waals surface area (Å²) in [6.45, 7) is 0. The summed E-state index contributed by atoms with van der Waals surface area (Å²) in [6, 6.07) is 4.39. The number of carbonyl (C=O) groups is 3. The predicted octanol–water partition coefficient (Wildman–Crippen LogP) is 0.823. The third-order valence-corrected chi connectivity index (χ3v) is 2.12. The van der Waals surface area contributed by atoms with Crippen LogP contribution in [0.2, 0.25) is 0 Å². The molecule has 0 atom stereocenters. The summed E-state index contributed by atoms with van der Waals surface area (Å²) in [6.07, 6.45) is -0.277. The zero-order valence-corrected chi connectivity index (χ0v) is 8.52. The molecule has 0 bridgehead atoms. The van der Waals surface area contributed by atoms with Crippen LogP contribution in [0.3, 0.4) is 0 Å². The molecule has 0 spiro atoms. The summed E-state index contributed by atoms with van der Waals surface area (Å²) in [5.41, 5.74) is 0.840. The molecule has 0 aliphatic carbocycles. The Balaban J connectivity index is 2.31. The fraction of sp³-hybridized carbons (Fsp3) is 0.0833. The summed E-state index contributed by atoms with van der Waals surface area (Å²) in [5.74, 6) is 2.63. The van der Waals surface area contributed by atoms with Crippen molar-refractivity contribution in [2.45, 2.75) is 6.42 Å². The molecule has 0 saturated heterocycles. The number of fused-ring (bicyclic) bond motifs is 1. The minimum atomic E-state index is -1.02. The Morgan fingerprint density at radius 3 is 2.65 bits per heavy atom. The fourth-order valence-corrected chi connectivity index (χ4v) is 1.38. The largest absolute Gasteiger partial charge is 0.481 e. The van der Waals surface area contributed by atoms with Crippen LogP contribution in [0.15, 0.2) is 18.2 Å². The second kappa shape index (κ2) is 4.10. The standard InChI is InChI=1S/C12H6O5/c13-10(14)3-1-2-7-4-5-8-9(6-7)12(16)17-11(8)15/h4-6H,3H2,(H,13,14). The summed E-state index contributed by atoms with van der Waals surface area (Å²) in [4.78, 5) is 32.6. The minimum Gasteiger partial charge on any atom is -0.481 e. The molecule has 1 aliphatic heterocycles. The average Bonchev–Trinajstić information content (AvgIpc) is 2.54. The number of hydrogen-bond acceptors (Lipinski definition) is 4. The van der Waals surface area contributed by atoms with Gasteiger partial charge in [-0.3, -0.25) is 4.79 Å². The highest BCUT2D eigenvalue weighted by Crippen LogP contribution is 2.20. The molecule has 1 heterocycles. The third-order valence-electron chi connectivity index (χ3n) is 2.12. The summed E-state index contributed by atoms with van der Waals surface area (Å²) in [7, 11) is 0. The van der Waals surface area contributed by atoms with Crippen molar-refractivity contribution >= 4 is 17.9 Å². The number of carboxylic acids is 1. The van der Waals surface area contributed by atoms with E-state index in [0.717, 1.165) is 0 Å². The lowest BCUT2D eigenvalue weighted by Crippen LogP contribution is -1.96. The molecule has 1 N–H and O–H groups in total. The van der Waals surface area contributed by atoms with Crippen LogP contribution in [0, 0.1) is 11.8 Å². The Morgan fingerprint density at radius 1 is 1.24 bits per heavy atom. The van der Waals surface area contributed by atoms with Gasteiger partial charge in [0.1, 0.15) is 6.42 Å². The lowest BCUT2D eigenvalue weighted by molar-refractivity contribution is -0.135. The van der Waals surface area contributed by atoms with Crippen molar-refractivity contribution in [2.75, 3.05) is 0 Å². The number of carboxylic acid groups (broad SMARTS) is 1. The van der Waals surface area contributed by atoms with E-state index in [1.54, 1.807) is 0 Å². The van der Waals surface area contributed by atoms with Gasteiger partial charge in [-0.05, 0) is 18.2 Å². The first-order chi connectivity index (χ1) is 8.08. The normalized spacial score (nSPS) is 12.5. The Bertz CT molecular complexity index is 589. The number of hydrogen-bond donors (Lipinski definition) is 1. The van der Waals surface area contributed by atoms with Crippen LogP contribution in [0.5, 0.6) is 0 Å². The topological polar surface area (TPSA) is 80.7 Å². The Kier molecular flexibility index (Phi) is 2.63. The van der Waals surface area contributed by atoms with Crippen molar-refractivity contribution in [1.29, 1.82) is 0 Å². The van der Waals surface area contributed by atoms with E-state index in [4.69, 9.17) is 5.11 Å². The van der Waals surface area contributed by atoms with Crippen LogP contribution in [0.25, 0.3) is 0 Å². The molecule has 0 aromatic heterocycles. The highest BCUT2D eigenvalue weighted by Gasteiger charge is 2.29. The van der Waals surface area contributed by atoms with Gasteiger partial charge in [0.05, 0.1) is 11.1 Å². The van der Waals surface area contributed by atoms with E-state index in [9.17, 15) is 14.4 Å². The van der Waals surface area contributed by atoms with E-state index in [0.29, 0.717) is 5.56 Å². The van der Waals surface area contributed by atoms with Gasteiger partial charge in [-0.1, -0.05) is 11.8 Å². The van der Waals surface area contributed by atoms with Gasteiger partial charge in [0.25, 0.3) is 0 Å². The van der Waals surface area contributed by atoms with Gasteiger partial charge in [-0.25, -0.2) is 9.59 Å². The monoisotopic (exact) mass is 230 g/mol. The second-order valence-electron chi connectivity index (χ2n) is 3.31. The molecule has 1 aromatic carbocycles. The lowest BCUT2D eigenvalue weighted by Gasteiger charge is -1.93. The number of rotatable bonds is 1. The van der Waals surface area contributed by atoms with E-state index in [-0.39, 0.29) is 17.5 Å². The molecule has 1 aliphatic rings. The molecule has 1 aromatic rings. The molecule has 5 heteroatoms. The molecule has 0 saturated carbocycles. The first kappa shape index (κ1) is 10.9. The van der Waals surface area contributed by atoms with Crippen molar-refractivity contribution in [1.82, 2.24) is 0 Å². The first-order valence-electron chi connectivity index (χ1n) is 4.69. The van der Waals surface area contributed by atoms with Crippen LogP contribution >= 0.6 is 0 Å². The van der Waals surface area contributed by atoms with Crippen LogP contribution in [-0.2, 0) is 9.53 Å². The van der Waals surface area contributed by atoms with Gasteiger partial charge in [-0.2, -0.15) is 0 Å². The maximum atomic E-state index is 11.2. The Morgan fingerprint density at radius 2 is 1.94 bits per heavy atom. The van der Waals surface area contributed by atoms with Crippen LogP contribution in [-0.4, -0.2) is 23.0 Å². The van der Waals surface area contributed by atoms with Gasteiger partial charge in [-0.15, -0.1) is 0 Å². The van der Waals surface area contributed by atoms with Gasteiger partial charge in [0, 0.05) is 5.56 Å². The number of aliphatic carboxylic acids is 1. The quantitative estimate of drug-likeness (QED) is 0.439. The fourth-order valence-electron chi connectivity index (χ4n) is 1.38. The highest BCUT2D eigenvalue weighted by molar-refractivity contribution is 6.14. The van der Waals surface area contributed by atoms with Crippen LogP contribution in [0.1, 0.15) is 32.7 Å². The number of cyclic esters (lactones) is 2. The lowest BCUT2D eigenvalue weighted by atomic mass is 10.1. The van der Waals surface area contributed by atoms with E-state index < -0.39 is 17.9 Å². The third kappa shape index (κ3) is 2.16. The average molecular weight is 230 g/mol. The van der Waals surface area contributed by atoms with Crippen LogP contribution in [0.4, 0.5) is 0 Å². The molecule has 0 radical (unpaired) electrons. The SMILES string of the molecule is O=C(O)CC#Cc1ccc2c(c1)C(=O)OC2=O. The number of esters is 2. The van der Waals surface area contributed by atoms with Crippen molar-refractivity contribution in [2.24, 2.45) is 0 Å². The molecule has 0 amide bonds. The van der Waals surface area contributed by atoms with E-state index >= 15 is 0 Å². The van der Waals surface area contributed by atoms with Crippen molar-refractivity contribution in [3.63, 3.8) is 0 Å². The molecular weight excluding hydrogens is 224 g/mol. The summed E-state index contributed by atoms with van der Waals surface area (Å²) in [5, 5.41) is 8.40. The molecular formula is C12H6O5. The maximum Gasteiger partial charge on any atom is 0.346 e. The van der Waals surface area contributed by atoms with E-state index in [1.807, 2.05) is 0 Å². The zero-order chi connectivity index (χ0) is 12.4. The Labute approximate surface area is 96.0 Å². The van der Waals surface area contributed by atoms with E-state index in [1.165, 1.54) is 18.2 Å². The first-order valence-corrected chi connectivity index (χ1v) is 4.69. The molecule has 0 unspecified atom stereocenters. The van der Waals surface area contributed by atoms with Gasteiger partial charge in [0.15, 0.2) is 0 Å². The number of benzene rings is 1. The molecule has 17 heavy (non-hydrogen) atoms. The van der Waals surface area contributed by atoms with Crippen molar-refractivity contribution < 1.29 is 24.2 Å². The Hall–Kier alpha value is -2.61. The van der Waals surface area contributed by atoms with Crippen molar-refractivity contribution in [3.8, 4) is 11.8 Å². The van der Waals surface area contributed by atoms with Gasteiger partial charge < -0.3 is 9.84 Å². The molecule has 0 fully saturated rings. The number of ether oxygens (including phenoxy) is 1. The zero-order valence-electron chi connectivity index (χ0n) is 8.52. The smallest absolute Gasteiger partial charge is 0.346 e. The van der Waals surface area contributed by atoms with Gasteiger partial charge >= 0.3 is 17.9 Å². The maximum absolute atomic E-state index is 11.2. The predicted molar refractivity (Wildman–Crippen MR) is 55.3 cm³/mol. The second-order valence-corrected chi connectivity index (χ2v) is 3.31. The highest BCUT2D eigenvalue weighted by atomic mass is 16.6. The number of carbonyl (C=O) groups excluding carboxylic acids is 2. The molecule has 84 valence electrons. The van der Waals surface area contributed by atoms with E-state index in [2.05, 4.69) is 16.6 Å². The molecule has 2 rings (SSSR count). The van der Waals surface area contributed by atoms with Gasteiger partial charge in [0.2, 0.25) is 0 Å². The summed E-state index contributed by atoms with van der Waals surface area (Å²) < 4.78 is 4.41. The van der Waals surface area contributed by atoms with Crippen molar-refractivity contribution in [3.05, 3.63) is 34.9 Å².